The van der Waals surface area contributed by atoms with E-state index in [1.54, 1.807) is 22.6 Å². The van der Waals surface area contributed by atoms with Crippen LogP contribution in [-0.4, -0.2) is 48.8 Å². The highest BCUT2D eigenvalue weighted by Crippen LogP contribution is 2.25. The van der Waals surface area contributed by atoms with Gasteiger partial charge in [-0.3, -0.25) is 4.90 Å². The normalized spacial score (nSPS) is 18.1. The van der Waals surface area contributed by atoms with E-state index in [1.807, 2.05) is 12.1 Å². The van der Waals surface area contributed by atoms with Crippen LogP contribution in [-0.2, 0) is 22.0 Å². The van der Waals surface area contributed by atoms with Gasteiger partial charge in [-0.15, -0.1) is 0 Å². The third-order valence-corrected chi connectivity index (χ3v) is 7.60. The fourth-order valence-electron chi connectivity index (χ4n) is 3.40. The molecule has 1 aliphatic heterocycles. The van der Waals surface area contributed by atoms with Gasteiger partial charge in [0.25, 0.3) is 0 Å². The first-order valence-corrected chi connectivity index (χ1v) is 11.8. The summed E-state index contributed by atoms with van der Waals surface area (Å²) in [6.45, 7) is 13.5. The van der Waals surface area contributed by atoms with Gasteiger partial charge in [0, 0.05) is 31.6 Å². The van der Waals surface area contributed by atoms with Gasteiger partial charge in [0.2, 0.25) is 15.9 Å². The van der Waals surface area contributed by atoms with Gasteiger partial charge in [0.05, 0.1) is 17.6 Å². The van der Waals surface area contributed by atoms with Gasteiger partial charge in [-0.05, 0) is 30.0 Å². The van der Waals surface area contributed by atoms with Gasteiger partial charge >= 0.3 is 0 Å². The Morgan fingerprint density at radius 1 is 1.10 bits per heavy atom. The summed E-state index contributed by atoms with van der Waals surface area (Å²) < 4.78 is 33.4. The van der Waals surface area contributed by atoms with Crippen LogP contribution in [0.1, 0.15) is 64.2 Å². The third kappa shape index (κ3) is 5.08. The van der Waals surface area contributed by atoms with Crippen LogP contribution in [0.15, 0.2) is 39.8 Å². The molecule has 6 nitrogen and oxygen atoms in total. The van der Waals surface area contributed by atoms with Gasteiger partial charge < -0.3 is 4.42 Å². The van der Waals surface area contributed by atoms with Crippen LogP contribution in [0.2, 0.25) is 0 Å². The van der Waals surface area contributed by atoms with E-state index in [4.69, 9.17) is 4.42 Å². The molecular formula is C22H33N3O3S. The van der Waals surface area contributed by atoms with E-state index in [1.165, 1.54) is 5.56 Å². The molecule has 1 aromatic heterocycles. The van der Waals surface area contributed by atoms with Gasteiger partial charge in [0.15, 0.2) is 0 Å². The first-order chi connectivity index (χ1) is 13.6. The lowest BCUT2D eigenvalue weighted by atomic mass is 9.94. The number of aromatic nitrogens is 1. The molecule has 1 aromatic carbocycles. The Morgan fingerprint density at radius 3 is 2.24 bits per heavy atom. The van der Waals surface area contributed by atoms with E-state index in [0.29, 0.717) is 49.4 Å². The first kappa shape index (κ1) is 22.0. The van der Waals surface area contributed by atoms with Gasteiger partial charge in [0.1, 0.15) is 5.76 Å². The molecule has 0 radical (unpaired) electrons. The van der Waals surface area contributed by atoms with Crippen molar-refractivity contribution in [3.63, 3.8) is 0 Å². The Bertz CT molecular complexity index is 906. The lowest BCUT2D eigenvalue weighted by Crippen LogP contribution is -2.48. The molecule has 1 atom stereocenters. The van der Waals surface area contributed by atoms with Crippen LogP contribution in [0, 0.1) is 0 Å². The van der Waals surface area contributed by atoms with Crippen LogP contribution in [0.4, 0.5) is 0 Å². The van der Waals surface area contributed by atoms with E-state index >= 15 is 0 Å². The molecule has 0 saturated carbocycles. The minimum absolute atomic E-state index is 0.0670. The Hall–Kier alpha value is -1.70. The molecule has 1 aliphatic rings. The highest BCUT2D eigenvalue weighted by atomic mass is 32.2. The molecule has 1 fully saturated rings. The minimum Gasteiger partial charge on any atom is -0.444 e. The number of hydrogen-bond acceptors (Lipinski definition) is 5. The van der Waals surface area contributed by atoms with Crippen molar-refractivity contribution in [3.05, 3.63) is 47.7 Å². The summed E-state index contributed by atoms with van der Waals surface area (Å²) in [5, 5.41) is 0. The highest BCUT2D eigenvalue weighted by molar-refractivity contribution is 7.89. The summed E-state index contributed by atoms with van der Waals surface area (Å²) >= 11 is 0. The molecule has 1 saturated heterocycles. The van der Waals surface area contributed by atoms with E-state index in [2.05, 4.69) is 44.5 Å². The first-order valence-electron chi connectivity index (χ1n) is 10.4. The van der Waals surface area contributed by atoms with E-state index in [9.17, 15) is 8.42 Å². The van der Waals surface area contributed by atoms with Crippen molar-refractivity contribution in [1.29, 1.82) is 0 Å². The summed E-state index contributed by atoms with van der Waals surface area (Å²) in [4.78, 5) is 6.95. The summed E-state index contributed by atoms with van der Waals surface area (Å²) in [6, 6.07) is 7.35. The largest absolute Gasteiger partial charge is 0.444 e. The van der Waals surface area contributed by atoms with Crippen LogP contribution in [0.3, 0.4) is 0 Å². The maximum absolute atomic E-state index is 13.0. The van der Waals surface area contributed by atoms with E-state index < -0.39 is 10.0 Å². The van der Waals surface area contributed by atoms with Crippen molar-refractivity contribution < 1.29 is 12.8 Å². The average molecular weight is 420 g/mol. The molecule has 160 valence electrons. The second-order valence-corrected chi connectivity index (χ2v) is 10.9. The van der Waals surface area contributed by atoms with E-state index in [0.717, 1.165) is 12.2 Å². The molecule has 0 N–H and O–H groups in total. The maximum Gasteiger partial charge on any atom is 0.243 e. The fraction of sp³-hybridized carbons (Fsp3) is 0.591. The fourth-order valence-corrected chi connectivity index (χ4v) is 4.82. The molecule has 0 aliphatic carbocycles. The van der Waals surface area contributed by atoms with Gasteiger partial charge in [-0.25, -0.2) is 13.4 Å². The molecule has 2 heterocycles. The zero-order chi connectivity index (χ0) is 21.2. The zero-order valence-corrected chi connectivity index (χ0v) is 19.0. The number of piperazine rings is 1. The minimum atomic E-state index is -3.46. The summed E-state index contributed by atoms with van der Waals surface area (Å²) in [7, 11) is -3.46. The van der Waals surface area contributed by atoms with Crippen molar-refractivity contribution >= 4 is 10.0 Å². The topological polar surface area (TPSA) is 66.7 Å². The van der Waals surface area contributed by atoms with Crippen molar-refractivity contribution in [2.75, 3.05) is 26.2 Å². The van der Waals surface area contributed by atoms with Crippen LogP contribution in [0.25, 0.3) is 0 Å². The number of oxazole rings is 1. The lowest BCUT2D eigenvalue weighted by Gasteiger charge is -2.33. The number of hydrogen-bond donors (Lipinski definition) is 0. The average Bonchev–Trinajstić information content (AvgIpc) is 3.17. The molecule has 2 aromatic rings. The second-order valence-electron chi connectivity index (χ2n) is 8.93. The van der Waals surface area contributed by atoms with Crippen LogP contribution >= 0.6 is 0 Å². The Kier molecular flexibility index (Phi) is 6.51. The second kappa shape index (κ2) is 8.58. The number of nitrogens with zero attached hydrogens (tertiary/aromatic N) is 3. The Balaban J connectivity index is 1.60. The third-order valence-electron chi connectivity index (χ3n) is 5.68. The van der Waals surface area contributed by atoms with Crippen molar-refractivity contribution in [2.24, 2.45) is 0 Å². The van der Waals surface area contributed by atoms with Crippen LogP contribution < -0.4 is 0 Å². The molecule has 0 bridgehead atoms. The van der Waals surface area contributed by atoms with Crippen molar-refractivity contribution in [1.82, 2.24) is 14.2 Å². The summed E-state index contributed by atoms with van der Waals surface area (Å²) in [6.07, 6.45) is 2.83. The predicted molar refractivity (Wildman–Crippen MR) is 114 cm³/mol. The van der Waals surface area contributed by atoms with Gasteiger partial charge in [-0.1, -0.05) is 46.8 Å². The Labute approximate surface area is 175 Å². The molecular weight excluding hydrogens is 386 g/mol. The molecule has 29 heavy (non-hydrogen) atoms. The number of rotatable bonds is 6. The standard InChI is InChI=1S/C22H33N3O3S/c1-6-17(2)18-7-9-19(10-8-18)29(26,27)25-13-11-24(12-14-25)16-21-23-15-20(28-21)22(3,4)5/h7-10,15,17H,6,11-14,16H2,1-5H3. The van der Waals surface area contributed by atoms with Crippen LogP contribution in [0.5, 0.6) is 0 Å². The molecule has 3 rings (SSSR count). The zero-order valence-electron chi connectivity index (χ0n) is 18.2. The predicted octanol–water partition coefficient (Wildman–Crippen LogP) is 3.99. The number of sulfonamides is 1. The molecule has 1 unspecified atom stereocenters. The quantitative estimate of drug-likeness (QED) is 0.708. The molecule has 0 spiro atoms. The van der Waals surface area contributed by atoms with Crippen molar-refractivity contribution in [3.8, 4) is 0 Å². The lowest BCUT2D eigenvalue weighted by molar-refractivity contribution is 0.166. The summed E-state index contributed by atoms with van der Waals surface area (Å²) in [5.74, 6) is 1.99. The SMILES string of the molecule is CCC(C)c1ccc(S(=O)(=O)N2CCN(Cc3ncc(C(C)(C)C)o3)CC2)cc1. The molecule has 7 heteroatoms. The maximum atomic E-state index is 13.0. The summed E-state index contributed by atoms with van der Waals surface area (Å²) in [5.41, 5.74) is 1.11. The van der Waals surface area contributed by atoms with Gasteiger partial charge in [-0.2, -0.15) is 4.31 Å². The monoisotopic (exact) mass is 419 g/mol. The number of benzene rings is 1. The molecule has 0 amide bonds. The highest BCUT2D eigenvalue weighted by Gasteiger charge is 2.29. The Morgan fingerprint density at radius 2 is 1.72 bits per heavy atom. The van der Waals surface area contributed by atoms with Crippen molar-refractivity contribution in [2.45, 2.75) is 63.8 Å². The van der Waals surface area contributed by atoms with E-state index in [-0.39, 0.29) is 5.41 Å². The smallest absolute Gasteiger partial charge is 0.243 e.